The summed E-state index contributed by atoms with van der Waals surface area (Å²) in [6, 6.07) is 6.05. The Balaban J connectivity index is 2.54. The van der Waals surface area contributed by atoms with E-state index < -0.39 is 0 Å². The van der Waals surface area contributed by atoms with Crippen LogP contribution in [0.2, 0.25) is 0 Å². The number of fused-ring (bicyclic) bond motifs is 1. The summed E-state index contributed by atoms with van der Waals surface area (Å²) in [6.45, 7) is 0. The minimum Gasteiger partial charge on any atom is -0.411 e. The Morgan fingerprint density at radius 3 is 3.08 bits per heavy atom. The molecule has 1 aliphatic rings. The fourth-order valence-corrected chi connectivity index (χ4v) is 2.72. The van der Waals surface area contributed by atoms with E-state index >= 15 is 0 Å². The van der Waals surface area contributed by atoms with Gasteiger partial charge in [-0.1, -0.05) is 21.1 Å². The lowest BCUT2D eigenvalue weighted by molar-refractivity contribution is 0.318. The van der Waals surface area contributed by atoms with E-state index in [2.05, 4.69) is 27.2 Å². The van der Waals surface area contributed by atoms with E-state index in [9.17, 15) is 0 Å². The smallest absolute Gasteiger partial charge is 0.0887 e. The number of thioether (sulfide) groups is 1. The molecule has 1 aromatic carbocycles. The van der Waals surface area contributed by atoms with Gasteiger partial charge in [0.15, 0.2) is 0 Å². The van der Waals surface area contributed by atoms with Crippen molar-refractivity contribution in [1.29, 1.82) is 0 Å². The number of hydrogen-bond acceptors (Lipinski definition) is 3. The molecule has 0 atom stereocenters. The Bertz CT molecular complexity index is 365. The second-order valence-electron chi connectivity index (χ2n) is 2.79. The molecule has 0 saturated carbocycles. The average molecular weight is 258 g/mol. The van der Waals surface area contributed by atoms with Gasteiger partial charge in [-0.3, -0.25) is 0 Å². The number of rotatable bonds is 0. The first-order chi connectivity index (χ1) is 6.31. The largest absolute Gasteiger partial charge is 0.411 e. The summed E-state index contributed by atoms with van der Waals surface area (Å²) in [5.74, 6) is 0.994. The Hall–Kier alpha value is -0.480. The van der Waals surface area contributed by atoms with Crippen molar-refractivity contribution in [2.45, 2.75) is 11.3 Å². The van der Waals surface area contributed by atoms with Crippen molar-refractivity contribution in [1.82, 2.24) is 0 Å². The van der Waals surface area contributed by atoms with Crippen LogP contribution in [0.5, 0.6) is 0 Å². The molecular weight excluding hydrogens is 250 g/mol. The van der Waals surface area contributed by atoms with Crippen molar-refractivity contribution in [3.05, 3.63) is 28.2 Å². The second kappa shape index (κ2) is 3.72. The van der Waals surface area contributed by atoms with Crippen molar-refractivity contribution < 1.29 is 5.21 Å². The zero-order chi connectivity index (χ0) is 9.26. The lowest BCUT2D eigenvalue weighted by Gasteiger charge is -2.15. The Kier molecular flexibility index (Phi) is 2.60. The Morgan fingerprint density at radius 1 is 1.46 bits per heavy atom. The van der Waals surface area contributed by atoms with Gasteiger partial charge in [0.1, 0.15) is 0 Å². The van der Waals surface area contributed by atoms with Gasteiger partial charge in [0.25, 0.3) is 0 Å². The van der Waals surface area contributed by atoms with Crippen LogP contribution in [0.15, 0.2) is 32.7 Å². The maximum Gasteiger partial charge on any atom is 0.0887 e. The number of benzene rings is 1. The topological polar surface area (TPSA) is 32.6 Å². The van der Waals surface area contributed by atoms with Crippen molar-refractivity contribution in [2.75, 3.05) is 5.75 Å². The molecule has 0 saturated heterocycles. The molecule has 0 radical (unpaired) electrons. The highest BCUT2D eigenvalue weighted by molar-refractivity contribution is 9.10. The second-order valence-corrected chi connectivity index (χ2v) is 4.84. The fourth-order valence-electron chi connectivity index (χ4n) is 1.35. The monoisotopic (exact) mass is 257 g/mol. The Morgan fingerprint density at radius 2 is 2.31 bits per heavy atom. The summed E-state index contributed by atoms with van der Waals surface area (Å²) in [5.41, 5.74) is 1.84. The fraction of sp³-hybridized carbons (Fsp3) is 0.222. The molecule has 2 rings (SSSR count). The molecular formula is C9H8BrNOS. The summed E-state index contributed by atoms with van der Waals surface area (Å²) in [4.78, 5) is 1.20. The van der Waals surface area contributed by atoms with Crippen LogP contribution in [0.3, 0.4) is 0 Å². The molecule has 13 heavy (non-hydrogen) atoms. The van der Waals surface area contributed by atoms with Crippen LogP contribution < -0.4 is 0 Å². The van der Waals surface area contributed by atoms with Crippen molar-refractivity contribution in [3.63, 3.8) is 0 Å². The van der Waals surface area contributed by atoms with Gasteiger partial charge in [-0.15, -0.1) is 11.8 Å². The third-order valence-corrected chi connectivity index (χ3v) is 3.54. The molecule has 0 bridgehead atoms. The number of halogens is 1. The van der Waals surface area contributed by atoms with Crippen LogP contribution in [0, 0.1) is 0 Å². The lowest BCUT2D eigenvalue weighted by atomic mass is 10.1. The predicted molar refractivity (Wildman–Crippen MR) is 57.8 cm³/mol. The molecule has 0 spiro atoms. The van der Waals surface area contributed by atoms with E-state index in [0.717, 1.165) is 27.9 Å². The van der Waals surface area contributed by atoms with Gasteiger partial charge in [-0.2, -0.15) is 0 Å². The van der Waals surface area contributed by atoms with Gasteiger partial charge >= 0.3 is 0 Å². The van der Waals surface area contributed by atoms with Crippen LogP contribution >= 0.6 is 27.7 Å². The normalized spacial score (nSPS) is 18.7. The summed E-state index contributed by atoms with van der Waals surface area (Å²) in [5, 5.41) is 12.1. The molecule has 68 valence electrons. The van der Waals surface area contributed by atoms with Gasteiger partial charge in [-0.05, 0) is 18.2 Å². The number of oxime groups is 1. The van der Waals surface area contributed by atoms with Gasteiger partial charge in [0.2, 0.25) is 0 Å². The number of hydrogen-bond donors (Lipinski definition) is 1. The van der Waals surface area contributed by atoms with Crippen molar-refractivity contribution >= 4 is 33.4 Å². The molecule has 0 amide bonds. The SMILES string of the molecule is ON=C1CCSc2ccc(Br)cc21. The van der Waals surface area contributed by atoms with Gasteiger partial charge in [0.05, 0.1) is 5.71 Å². The van der Waals surface area contributed by atoms with Crippen LogP contribution in [0.1, 0.15) is 12.0 Å². The maximum atomic E-state index is 8.79. The van der Waals surface area contributed by atoms with Crippen LogP contribution in [0.4, 0.5) is 0 Å². The van der Waals surface area contributed by atoms with Crippen LogP contribution in [-0.2, 0) is 0 Å². The van der Waals surface area contributed by atoms with Crippen LogP contribution in [0.25, 0.3) is 0 Å². The van der Waals surface area contributed by atoms with Crippen LogP contribution in [-0.4, -0.2) is 16.7 Å². The number of nitrogens with zero attached hydrogens (tertiary/aromatic N) is 1. The first-order valence-electron chi connectivity index (χ1n) is 3.95. The van der Waals surface area contributed by atoms with E-state index in [4.69, 9.17) is 5.21 Å². The minimum atomic E-state index is 0.787. The molecule has 1 heterocycles. The van der Waals surface area contributed by atoms with E-state index in [-0.39, 0.29) is 0 Å². The molecule has 1 aromatic rings. The van der Waals surface area contributed by atoms with Gasteiger partial charge in [0, 0.05) is 27.1 Å². The first-order valence-corrected chi connectivity index (χ1v) is 5.73. The molecule has 4 heteroatoms. The van der Waals surface area contributed by atoms with E-state index in [1.54, 1.807) is 11.8 Å². The van der Waals surface area contributed by atoms with Gasteiger partial charge in [-0.25, -0.2) is 0 Å². The minimum absolute atomic E-state index is 0.787. The van der Waals surface area contributed by atoms with Crippen molar-refractivity contribution in [3.8, 4) is 0 Å². The van der Waals surface area contributed by atoms with E-state index in [1.807, 2.05) is 12.1 Å². The maximum absolute atomic E-state index is 8.79. The van der Waals surface area contributed by atoms with E-state index in [1.165, 1.54) is 4.90 Å². The summed E-state index contributed by atoms with van der Waals surface area (Å²) < 4.78 is 1.02. The highest BCUT2D eigenvalue weighted by Gasteiger charge is 2.16. The quantitative estimate of drug-likeness (QED) is 0.572. The molecule has 1 aliphatic heterocycles. The van der Waals surface area contributed by atoms with Crippen molar-refractivity contribution in [2.24, 2.45) is 5.16 Å². The Labute approximate surface area is 89.2 Å². The highest BCUT2D eigenvalue weighted by atomic mass is 79.9. The molecule has 0 fully saturated rings. The summed E-state index contributed by atoms with van der Waals surface area (Å²) in [7, 11) is 0. The molecule has 0 unspecified atom stereocenters. The predicted octanol–water partition coefficient (Wildman–Crippen LogP) is 3.12. The standard InChI is InChI=1S/C9H8BrNOS/c10-6-1-2-9-7(5-6)8(11-12)3-4-13-9/h1-2,5,12H,3-4H2. The lowest BCUT2D eigenvalue weighted by Crippen LogP contribution is -2.09. The molecule has 0 aliphatic carbocycles. The third-order valence-electron chi connectivity index (χ3n) is 1.97. The van der Waals surface area contributed by atoms with Gasteiger partial charge < -0.3 is 5.21 Å². The zero-order valence-electron chi connectivity index (χ0n) is 6.83. The van der Waals surface area contributed by atoms with E-state index in [0.29, 0.717) is 0 Å². The first kappa shape index (κ1) is 9.09. The zero-order valence-corrected chi connectivity index (χ0v) is 9.23. The molecule has 2 nitrogen and oxygen atoms in total. The summed E-state index contributed by atoms with van der Waals surface area (Å²) >= 11 is 5.20. The third kappa shape index (κ3) is 1.74. The average Bonchev–Trinajstić information content (AvgIpc) is 2.17. The summed E-state index contributed by atoms with van der Waals surface area (Å²) in [6.07, 6.45) is 0.838. The highest BCUT2D eigenvalue weighted by Crippen LogP contribution is 2.31. The molecule has 0 aromatic heterocycles. The molecule has 1 N–H and O–H groups in total.